The van der Waals surface area contributed by atoms with Crippen molar-refractivity contribution in [2.24, 2.45) is 0 Å². The summed E-state index contributed by atoms with van der Waals surface area (Å²) in [6.45, 7) is 0.572. The van der Waals surface area contributed by atoms with E-state index < -0.39 is 12.0 Å². The van der Waals surface area contributed by atoms with Crippen molar-refractivity contribution in [3.05, 3.63) is 27.7 Å². The van der Waals surface area contributed by atoms with Crippen LogP contribution < -0.4 is 10.6 Å². The molecule has 0 aliphatic heterocycles. The summed E-state index contributed by atoms with van der Waals surface area (Å²) in [4.78, 5) is 22.7. The number of carboxylic acids is 1. The molecule has 114 valence electrons. The van der Waals surface area contributed by atoms with Gasteiger partial charge in [-0.2, -0.15) is 11.8 Å². The summed E-state index contributed by atoms with van der Waals surface area (Å²) in [6.07, 6.45) is 4.19. The second-order valence-electron chi connectivity index (χ2n) is 4.81. The summed E-state index contributed by atoms with van der Waals surface area (Å²) in [7, 11) is 0. The van der Waals surface area contributed by atoms with E-state index in [1.165, 1.54) is 12.1 Å². The van der Waals surface area contributed by atoms with Gasteiger partial charge in [0.05, 0.1) is 21.3 Å². The number of nitrogens with one attached hydrogen (secondary N) is 2. The molecule has 0 unspecified atom stereocenters. The van der Waals surface area contributed by atoms with Crippen LogP contribution in [0.3, 0.4) is 0 Å². The molecule has 0 heterocycles. The summed E-state index contributed by atoms with van der Waals surface area (Å²) >= 11 is 13.7. The molecule has 0 aromatic heterocycles. The van der Waals surface area contributed by atoms with Gasteiger partial charge in [-0.3, -0.25) is 0 Å². The monoisotopic (exact) mass is 348 g/mol. The van der Waals surface area contributed by atoms with Crippen molar-refractivity contribution in [2.45, 2.75) is 17.6 Å². The molecule has 5 nitrogen and oxygen atoms in total. The van der Waals surface area contributed by atoms with Crippen LogP contribution in [0.1, 0.15) is 23.2 Å². The Kier molecular flexibility index (Phi) is 4.91. The lowest BCUT2D eigenvalue weighted by Crippen LogP contribution is -2.35. The fraction of sp³-hybridized carbons (Fsp3) is 0.385. The van der Waals surface area contributed by atoms with Crippen LogP contribution in [0.15, 0.2) is 12.1 Å². The fourth-order valence-electron chi connectivity index (χ4n) is 1.81. The fourth-order valence-corrected chi connectivity index (χ4v) is 3.12. The standard InChI is InChI=1S/C13H14Cl2N2O3S/c1-21-13(2-3-13)6-16-12(20)17-10-8(14)4-7(11(18)19)5-9(10)15/h4-5H,2-3,6H2,1H3,(H,18,19)(H2,16,17,20). The molecule has 21 heavy (non-hydrogen) atoms. The molecule has 1 aliphatic carbocycles. The van der Waals surface area contributed by atoms with Crippen molar-refractivity contribution >= 4 is 52.7 Å². The lowest BCUT2D eigenvalue weighted by molar-refractivity contribution is 0.0697. The number of hydrogen-bond acceptors (Lipinski definition) is 3. The first kappa shape index (κ1) is 16.3. The number of halogens is 2. The normalized spacial score (nSPS) is 15.4. The van der Waals surface area contributed by atoms with E-state index in [1.807, 2.05) is 6.26 Å². The van der Waals surface area contributed by atoms with Crippen LogP contribution in [0.25, 0.3) is 0 Å². The molecular weight excluding hydrogens is 335 g/mol. The van der Waals surface area contributed by atoms with Gasteiger partial charge in [0.2, 0.25) is 0 Å². The van der Waals surface area contributed by atoms with E-state index in [-0.39, 0.29) is 26.0 Å². The van der Waals surface area contributed by atoms with Crippen LogP contribution in [-0.4, -0.2) is 34.7 Å². The van der Waals surface area contributed by atoms with Gasteiger partial charge >= 0.3 is 12.0 Å². The molecule has 2 rings (SSSR count). The molecular formula is C13H14Cl2N2O3S. The second kappa shape index (κ2) is 6.34. The SMILES string of the molecule is CSC1(CNC(=O)Nc2c(Cl)cc(C(=O)O)cc2Cl)CC1. The molecule has 2 amide bonds. The summed E-state index contributed by atoms with van der Waals surface area (Å²) in [5.41, 5.74) is 0.171. The number of urea groups is 1. The van der Waals surface area contributed by atoms with Crippen LogP contribution in [0.2, 0.25) is 10.0 Å². The Bertz CT molecular complexity index is 568. The van der Waals surface area contributed by atoms with E-state index in [0.717, 1.165) is 12.8 Å². The Morgan fingerprint density at radius 2 is 1.90 bits per heavy atom. The highest BCUT2D eigenvalue weighted by Gasteiger charge is 2.41. The van der Waals surface area contributed by atoms with Gasteiger partial charge in [0.15, 0.2) is 0 Å². The zero-order chi connectivity index (χ0) is 15.6. The highest BCUT2D eigenvalue weighted by Crippen LogP contribution is 2.46. The first-order valence-corrected chi connectivity index (χ1v) is 8.17. The lowest BCUT2D eigenvalue weighted by atomic mass is 10.2. The van der Waals surface area contributed by atoms with Crippen LogP contribution in [0.4, 0.5) is 10.5 Å². The van der Waals surface area contributed by atoms with Crippen molar-refractivity contribution in [1.82, 2.24) is 5.32 Å². The minimum Gasteiger partial charge on any atom is -0.478 e. The highest BCUT2D eigenvalue weighted by molar-refractivity contribution is 8.00. The number of carbonyl (C=O) groups is 2. The van der Waals surface area contributed by atoms with Crippen molar-refractivity contribution < 1.29 is 14.7 Å². The summed E-state index contributed by atoms with van der Waals surface area (Å²) in [5, 5.41) is 14.4. The Balaban J connectivity index is 2.02. The van der Waals surface area contributed by atoms with Gasteiger partial charge in [-0.1, -0.05) is 23.2 Å². The topological polar surface area (TPSA) is 78.4 Å². The third-order valence-corrected chi connectivity index (χ3v) is 5.35. The Morgan fingerprint density at radius 3 is 2.33 bits per heavy atom. The van der Waals surface area contributed by atoms with Gasteiger partial charge in [0.25, 0.3) is 0 Å². The number of amides is 2. The van der Waals surface area contributed by atoms with Crippen molar-refractivity contribution in [2.75, 3.05) is 18.1 Å². The molecule has 8 heteroatoms. The van der Waals surface area contributed by atoms with Gasteiger partial charge in [-0.25, -0.2) is 9.59 Å². The molecule has 1 saturated carbocycles. The molecule has 0 atom stereocenters. The van der Waals surface area contributed by atoms with Crippen molar-refractivity contribution in [1.29, 1.82) is 0 Å². The molecule has 0 radical (unpaired) electrons. The number of hydrogen-bond donors (Lipinski definition) is 3. The minimum atomic E-state index is -1.13. The maximum atomic E-state index is 11.9. The highest BCUT2D eigenvalue weighted by atomic mass is 35.5. The van der Waals surface area contributed by atoms with Crippen LogP contribution >= 0.6 is 35.0 Å². The van der Waals surface area contributed by atoms with E-state index in [4.69, 9.17) is 28.3 Å². The van der Waals surface area contributed by atoms with Crippen LogP contribution in [0.5, 0.6) is 0 Å². The number of anilines is 1. The average Bonchev–Trinajstić information content (AvgIpc) is 3.21. The van der Waals surface area contributed by atoms with Gasteiger partial charge in [-0.15, -0.1) is 0 Å². The second-order valence-corrected chi connectivity index (χ2v) is 6.90. The van der Waals surface area contributed by atoms with Gasteiger partial charge in [0.1, 0.15) is 0 Å². The number of rotatable bonds is 5. The lowest BCUT2D eigenvalue weighted by Gasteiger charge is -2.15. The predicted octanol–water partition coefficient (Wildman–Crippen LogP) is 3.71. The zero-order valence-corrected chi connectivity index (χ0v) is 13.5. The van der Waals surface area contributed by atoms with Crippen LogP contribution in [0, 0.1) is 0 Å². The molecule has 0 spiro atoms. The number of carboxylic acid groups (broad SMARTS) is 1. The average molecular weight is 349 g/mol. The maximum Gasteiger partial charge on any atom is 0.335 e. The Hall–Kier alpha value is -1.11. The molecule has 1 fully saturated rings. The predicted molar refractivity (Wildman–Crippen MR) is 85.9 cm³/mol. The number of benzene rings is 1. The van der Waals surface area contributed by atoms with Gasteiger partial charge in [-0.05, 0) is 31.2 Å². The van der Waals surface area contributed by atoms with Crippen molar-refractivity contribution in [3.8, 4) is 0 Å². The number of thioether (sulfide) groups is 1. The molecule has 1 aromatic rings. The molecule has 0 saturated heterocycles. The van der Waals surface area contributed by atoms with E-state index in [0.29, 0.717) is 6.54 Å². The van der Waals surface area contributed by atoms with Crippen LogP contribution in [-0.2, 0) is 0 Å². The van der Waals surface area contributed by atoms with E-state index in [9.17, 15) is 9.59 Å². The number of carbonyl (C=O) groups excluding carboxylic acids is 1. The smallest absolute Gasteiger partial charge is 0.335 e. The Morgan fingerprint density at radius 1 is 1.33 bits per heavy atom. The number of aromatic carboxylic acids is 1. The van der Waals surface area contributed by atoms with E-state index in [1.54, 1.807) is 11.8 Å². The third-order valence-electron chi connectivity index (χ3n) is 3.34. The maximum absolute atomic E-state index is 11.9. The summed E-state index contributed by atoms with van der Waals surface area (Å²) in [5.74, 6) is -1.13. The molecule has 0 bridgehead atoms. The van der Waals surface area contributed by atoms with Gasteiger partial charge < -0.3 is 15.7 Å². The molecule has 1 aromatic carbocycles. The van der Waals surface area contributed by atoms with E-state index in [2.05, 4.69) is 10.6 Å². The quantitative estimate of drug-likeness (QED) is 0.757. The molecule has 1 aliphatic rings. The summed E-state index contributed by atoms with van der Waals surface area (Å²) < 4.78 is 0.151. The van der Waals surface area contributed by atoms with Gasteiger partial charge in [0, 0.05) is 11.3 Å². The summed E-state index contributed by atoms with van der Waals surface area (Å²) in [6, 6.07) is 2.08. The zero-order valence-electron chi connectivity index (χ0n) is 11.2. The van der Waals surface area contributed by atoms with E-state index >= 15 is 0 Å². The molecule has 3 N–H and O–H groups in total. The largest absolute Gasteiger partial charge is 0.478 e. The minimum absolute atomic E-state index is 0.0322. The third kappa shape index (κ3) is 3.96. The first-order valence-electron chi connectivity index (χ1n) is 6.19. The van der Waals surface area contributed by atoms with Crippen molar-refractivity contribution in [3.63, 3.8) is 0 Å². The first-order chi connectivity index (χ1) is 9.87. The Labute approximate surface area is 136 Å².